The first kappa shape index (κ1) is 19.6. The maximum Gasteiger partial charge on any atom is 0.341 e. The lowest BCUT2D eigenvalue weighted by atomic mass is 9.92. The van der Waals surface area contributed by atoms with Crippen LogP contribution in [0.5, 0.6) is 0 Å². The van der Waals surface area contributed by atoms with Crippen molar-refractivity contribution in [3.8, 4) is 11.1 Å². The standard InChI is InChI=1S/C22H16F4O2/c1-12(14-5-3-2-4-6-14)7-13-8-16(23)20(17(24)9-13)15-10-18(25)21(22(27)28)19(26)11-15/h2-6,8-12H,7H2,1H3,(H,27,28). The van der Waals surface area contributed by atoms with Gasteiger partial charge in [-0.05, 0) is 53.3 Å². The van der Waals surface area contributed by atoms with Crippen molar-refractivity contribution in [1.29, 1.82) is 0 Å². The van der Waals surface area contributed by atoms with Crippen LogP contribution in [0.4, 0.5) is 17.6 Å². The third-order valence-corrected chi connectivity index (χ3v) is 4.56. The van der Waals surface area contributed by atoms with Gasteiger partial charge in [0.1, 0.15) is 28.8 Å². The number of carbonyl (C=O) groups is 1. The Balaban J connectivity index is 1.96. The molecule has 0 fully saturated rings. The zero-order valence-electron chi connectivity index (χ0n) is 14.8. The van der Waals surface area contributed by atoms with E-state index >= 15 is 0 Å². The number of rotatable bonds is 5. The van der Waals surface area contributed by atoms with Crippen molar-refractivity contribution >= 4 is 5.97 Å². The summed E-state index contributed by atoms with van der Waals surface area (Å²) in [6, 6.07) is 12.9. The Kier molecular flexibility index (Phi) is 5.49. The normalized spacial score (nSPS) is 12.0. The molecule has 0 saturated heterocycles. The number of benzene rings is 3. The highest BCUT2D eigenvalue weighted by atomic mass is 19.1. The molecule has 0 saturated carbocycles. The number of hydrogen-bond acceptors (Lipinski definition) is 1. The van der Waals surface area contributed by atoms with E-state index in [9.17, 15) is 22.4 Å². The van der Waals surface area contributed by atoms with Crippen molar-refractivity contribution in [3.63, 3.8) is 0 Å². The van der Waals surface area contributed by atoms with Gasteiger partial charge in [0.25, 0.3) is 0 Å². The van der Waals surface area contributed by atoms with Crippen LogP contribution in [0.3, 0.4) is 0 Å². The van der Waals surface area contributed by atoms with E-state index in [1.54, 1.807) is 0 Å². The highest BCUT2D eigenvalue weighted by Crippen LogP contribution is 2.31. The van der Waals surface area contributed by atoms with Crippen LogP contribution in [0.2, 0.25) is 0 Å². The fraction of sp³-hybridized carbons (Fsp3) is 0.136. The summed E-state index contributed by atoms with van der Waals surface area (Å²) in [7, 11) is 0. The van der Waals surface area contributed by atoms with Gasteiger partial charge in [-0.15, -0.1) is 0 Å². The van der Waals surface area contributed by atoms with E-state index in [0.29, 0.717) is 24.1 Å². The highest BCUT2D eigenvalue weighted by Gasteiger charge is 2.22. The molecule has 3 aromatic rings. The minimum atomic E-state index is -1.80. The molecule has 3 aromatic carbocycles. The molecule has 0 aromatic heterocycles. The lowest BCUT2D eigenvalue weighted by Gasteiger charge is -2.14. The second-order valence-corrected chi connectivity index (χ2v) is 6.57. The molecule has 0 aliphatic rings. The molecule has 0 amide bonds. The van der Waals surface area contributed by atoms with E-state index in [-0.39, 0.29) is 5.92 Å². The van der Waals surface area contributed by atoms with Gasteiger partial charge in [-0.3, -0.25) is 0 Å². The van der Waals surface area contributed by atoms with Crippen LogP contribution in [0.1, 0.15) is 34.3 Å². The molecular formula is C22H16F4O2. The maximum atomic E-state index is 14.6. The van der Waals surface area contributed by atoms with Crippen molar-refractivity contribution in [3.05, 3.63) is 94.6 Å². The van der Waals surface area contributed by atoms with Gasteiger partial charge in [-0.2, -0.15) is 0 Å². The van der Waals surface area contributed by atoms with Crippen LogP contribution >= 0.6 is 0 Å². The molecule has 144 valence electrons. The third kappa shape index (κ3) is 3.91. The van der Waals surface area contributed by atoms with Gasteiger partial charge < -0.3 is 5.11 Å². The minimum Gasteiger partial charge on any atom is -0.477 e. The van der Waals surface area contributed by atoms with Crippen LogP contribution in [0.25, 0.3) is 11.1 Å². The molecular weight excluding hydrogens is 372 g/mol. The van der Waals surface area contributed by atoms with Crippen LogP contribution in [-0.2, 0) is 6.42 Å². The lowest BCUT2D eigenvalue weighted by Crippen LogP contribution is -2.06. The van der Waals surface area contributed by atoms with Crippen molar-refractivity contribution in [2.45, 2.75) is 19.3 Å². The Morgan fingerprint density at radius 2 is 1.43 bits per heavy atom. The predicted molar refractivity (Wildman–Crippen MR) is 97.2 cm³/mol. The average Bonchev–Trinajstić information content (AvgIpc) is 2.61. The Labute approximate surface area is 159 Å². The molecule has 1 unspecified atom stereocenters. The van der Waals surface area contributed by atoms with Gasteiger partial charge in [0.15, 0.2) is 0 Å². The van der Waals surface area contributed by atoms with Gasteiger partial charge in [-0.1, -0.05) is 37.3 Å². The van der Waals surface area contributed by atoms with E-state index in [4.69, 9.17) is 5.11 Å². The van der Waals surface area contributed by atoms with Crippen LogP contribution in [0.15, 0.2) is 54.6 Å². The fourth-order valence-electron chi connectivity index (χ4n) is 3.19. The maximum absolute atomic E-state index is 14.6. The third-order valence-electron chi connectivity index (χ3n) is 4.56. The second kappa shape index (κ2) is 7.84. The Morgan fingerprint density at radius 3 is 1.93 bits per heavy atom. The number of hydrogen-bond donors (Lipinski definition) is 1. The Bertz CT molecular complexity index is 986. The molecule has 0 radical (unpaired) electrons. The van der Waals surface area contributed by atoms with Gasteiger partial charge in [0.05, 0.1) is 5.56 Å². The molecule has 1 atom stereocenters. The molecule has 3 rings (SSSR count). The Morgan fingerprint density at radius 1 is 0.893 bits per heavy atom. The predicted octanol–water partition coefficient (Wildman–Crippen LogP) is 5.95. The van der Waals surface area contributed by atoms with E-state index in [1.807, 2.05) is 37.3 Å². The molecule has 28 heavy (non-hydrogen) atoms. The van der Waals surface area contributed by atoms with E-state index < -0.39 is 45.9 Å². The minimum absolute atomic E-state index is 0.00980. The van der Waals surface area contributed by atoms with Crippen molar-refractivity contribution in [2.24, 2.45) is 0 Å². The average molecular weight is 388 g/mol. The van der Waals surface area contributed by atoms with E-state index in [0.717, 1.165) is 17.7 Å². The number of halogens is 4. The summed E-state index contributed by atoms with van der Waals surface area (Å²) >= 11 is 0. The van der Waals surface area contributed by atoms with Crippen LogP contribution < -0.4 is 0 Å². The number of carboxylic acid groups (broad SMARTS) is 1. The molecule has 0 aliphatic carbocycles. The first-order valence-electron chi connectivity index (χ1n) is 8.53. The highest BCUT2D eigenvalue weighted by molar-refractivity contribution is 5.89. The van der Waals surface area contributed by atoms with E-state index in [2.05, 4.69) is 0 Å². The number of aromatic carboxylic acids is 1. The summed E-state index contributed by atoms with van der Waals surface area (Å²) in [6.45, 7) is 1.93. The summed E-state index contributed by atoms with van der Waals surface area (Å²) in [6.07, 6.45) is 0.374. The quantitative estimate of drug-likeness (QED) is 0.548. The van der Waals surface area contributed by atoms with Gasteiger partial charge in [0.2, 0.25) is 0 Å². The second-order valence-electron chi connectivity index (χ2n) is 6.57. The lowest BCUT2D eigenvalue weighted by molar-refractivity contribution is 0.0686. The molecule has 1 N–H and O–H groups in total. The van der Waals surface area contributed by atoms with Crippen molar-refractivity contribution in [1.82, 2.24) is 0 Å². The largest absolute Gasteiger partial charge is 0.477 e. The fourth-order valence-corrected chi connectivity index (χ4v) is 3.19. The van der Waals surface area contributed by atoms with Crippen molar-refractivity contribution in [2.75, 3.05) is 0 Å². The topological polar surface area (TPSA) is 37.3 Å². The summed E-state index contributed by atoms with van der Waals surface area (Å²) in [4.78, 5) is 10.9. The molecule has 0 heterocycles. The summed E-state index contributed by atoms with van der Waals surface area (Å²) in [5.41, 5.74) is -0.764. The molecule has 0 bridgehead atoms. The van der Waals surface area contributed by atoms with Gasteiger partial charge >= 0.3 is 5.97 Å². The summed E-state index contributed by atoms with van der Waals surface area (Å²) in [5, 5.41) is 8.80. The SMILES string of the molecule is CC(Cc1cc(F)c(-c2cc(F)c(C(=O)O)c(F)c2)c(F)c1)c1ccccc1. The first-order chi connectivity index (χ1) is 13.3. The number of carboxylic acids is 1. The van der Waals surface area contributed by atoms with Gasteiger partial charge in [-0.25, -0.2) is 22.4 Å². The zero-order valence-corrected chi connectivity index (χ0v) is 14.8. The zero-order chi connectivity index (χ0) is 20.4. The first-order valence-corrected chi connectivity index (χ1v) is 8.53. The molecule has 6 heteroatoms. The van der Waals surface area contributed by atoms with Crippen molar-refractivity contribution < 1.29 is 27.5 Å². The summed E-state index contributed by atoms with van der Waals surface area (Å²) in [5.74, 6) is -6.54. The van der Waals surface area contributed by atoms with Crippen LogP contribution in [0, 0.1) is 23.3 Å². The Hall–Kier alpha value is -3.15. The summed E-state index contributed by atoms with van der Waals surface area (Å²) < 4.78 is 56.9. The van der Waals surface area contributed by atoms with E-state index in [1.165, 1.54) is 0 Å². The molecule has 0 spiro atoms. The monoisotopic (exact) mass is 388 g/mol. The molecule has 2 nitrogen and oxygen atoms in total. The van der Waals surface area contributed by atoms with Crippen LogP contribution in [-0.4, -0.2) is 11.1 Å². The van der Waals surface area contributed by atoms with Gasteiger partial charge in [0, 0.05) is 0 Å². The molecule has 0 aliphatic heterocycles. The smallest absolute Gasteiger partial charge is 0.341 e.